The van der Waals surface area contributed by atoms with Crippen LogP contribution < -0.4 is 15.4 Å². The van der Waals surface area contributed by atoms with E-state index in [1.165, 1.54) is 0 Å². The number of hydrogen-bond donors (Lipinski definition) is 3. The van der Waals surface area contributed by atoms with Crippen LogP contribution in [-0.4, -0.2) is 43.5 Å². The van der Waals surface area contributed by atoms with E-state index < -0.39 is 0 Å². The van der Waals surface area contributed by atoms with Gasteiger partial charge < -0.3 is 25.2 Å². The SMILES string of the molecule is CCNC(=NCc1cccc(OC)c1O)NC1CC(C)(OC)C1(C)C.I. The van der Waals surface area contributed by atoms with E-state index in [2.05, 4.69) is 36.4 Å². The minimum absolute atomic E-state index is 0. The van der Waals surface area contributed by atoms with Crippen molar-refractivity contribution in [3.05, 3.63) is 23.8 Å². The summed E-state index contributed by atoms with van der Waals surface area (Å²) >= 11 is 0. The van der Waals surface area contributed by atoms with E-state index in [9.17, 15) is 5.11 Å². The Bertz CT molecular complexity index is 636. The van der Waals surface area contributed by atoms with Crippen molar-refractivity contribution in [2.75, 3.05) is 20.8 Å². The largest absolute Gasteiger partial charge is 0.504 e. The van der Waals surface area contributed by atoms with Crippen molar-refractivity contribution in [2.24, 2.45) is 10.4 Å². The zero-order valence-corrected chi connectivity index (χ0v) is 18.9. The van der Waals surface area contributed by atoms with Crippen molar-refractivity contribution in [3.8, 4) is 11.5 Å². The summed E-state index contributed by atoms with van der Waals surface area (Å²) in [7, 11) is 3.31. The Hall–Kier alpha value is -1.22. The van der Waals surface area contributed by atoms with Crippen LogP contribution in [0.2, 0.25) is 0 Å². The Morgan fingerprint density at radius 1 is 1.31 bits per heavy atom. The molecule has 0 aromatic heterocycles. The van der Waals surface area contributed by atoms with Crippen molar-refractivity contribution in [2.45, 2.75) is 52.3 Å². The molecule has 1 aliphatic rings. The molecule has 1 aromatic carbocycles. The fourth-order valence-electron chi connectivity index (χ4n) is 3.23. The number of aromatic hydroxyl groups is 1. The van der Waals surface area contributed by atoms with E-state index in [1.54, 1.807) is 20.3 Å². The minimum atomic E-state index is -0.132. The highest BCUT2D eigenvalue weighted by Gasteiger charge is 2.58. The van der Waals surface area contributed by atoms with Crippen molar-refractivity contribution in [1.29, 1.82) is 0 Å². The molecule has 1 saturated carbocycles. The van der Waals surface area contributed by atoms with E-state index in [0.29, 0.717) is 12.3 Å². The number of phenolic OH excluding ortho intramolecular Hbond substituents is 1. The summed E-state index contributed by atoms with van der Waals surface area (Å²) in [4.78, 5) is 4.62. The highest BCUT2D eigenvalue weighted by atomic mass is 127. The zero-order chi connectivity index (χ0) is 18.7. The summed E-state index contributed by atoms with van der Waals surface area (Å²) in [5.41, 5.74) is 0.592. The van der Waals surface area contributed by atoms with Gasteiger partial charge in [-0.2, -0.15) is 0 Å². The first-order valence-corrected chi connectivity index (χ1v) is 8.74. The first-order valence-electron chi connectivity index (χ1n) is 8.74. The number of rotatable bonds is 6. The first-order chi connectivity index (χ1) is 11.8. The lowest BCUT2D eigenvalue weighted by atomic mass is 9.56. The summed E-state index contributed by atoms with van der Waals surface area (Å²) in [6.45, 7) is 9.72. The van der Waals surface area contributed by atoms with Gasteiger partial charge in [-0.25, -0.2) is 4.99 Å². The fraction of sp³-hybridized carbons (Fsp3) is 0.632. The number of benzene rings is 1. The van der Waals surface area contributed by atoms with E-state index in [4.69, 9.17) is 9.47 Å². The molecular weight excluding hydrogens is 445 g/mol. The van der Waals surface area contributed by atoms with Crippen LogP contribution in [0.1, 0.15) is 39.7 Å². The van der Waals surface area contributed by atoms with Gasteiger partial charge >= 0.3 is 0 Å². The third-order valence-electron chi connectivity index (χ3n) is 5.64. The molecule has 0 heterocycles. The third-order valence-corrected chi connectivity index (χ3v) is 5.64. The summed E-state index contributed by atoms with van der Waals surface area (Å²) < 4.78 is 10.8. The normalized spacial score (nSPS) is 24.2. The number of halogens is 1. The van der Waals surface area contributed by atoms with Gasteiger partial charge in [-0.15, -0.1) is 24.0 Å². The summed E-state index contributed by atoms with van der Waals surface area (Å²) in [5, 5.41) is 17.0. The second-order valence-corrected chi connectivity index (χ2v) is 7.22. The van der Waals surface area contributed by atoms with E-state index in [-0.39, 0.29) is 46.8 Å². The summed E-state index contributed by atoms with van der Waals surface area (Å²) in [6, 6.07) is 5.70. The van der Waals surface area contributed by atoms with Crippen molar-refractivity contribution >= 4 is 29.9 Å². The van der Waals surface area contributed by atoms with Crippen molar-refractivity contribution in [3.63, 3.8) is 0 Å². The molecule has 148 valence electrons. The standard InChI is InChI=1S/C19H31N3O3.HI/c1-7-20-17(22-15-11-19(4,25-6)18(15,2)3)21-12-13-9-8-10-14(24-5)16(13)23;/h8-10,15,23H,7,11-12H2,1-6H3,(H2,20,21,22);1H. The number of methoxy groups -OCH3 is 2. The fourth-order valence-corrected chi connectivity index (χ4v) is 3.23. The van der Waals surface area contributed by atoms with Crippen LogP contribution in [0.4, 0.5) is 0 Å². The van der Waals surface area contributed by atoms with Gasteiger partial charge in [0.1, 0.15) is 0 Å². The highest BCUT2D eigenvalue weighted by molar-refractivity contribution is 14.0. The highest BCUT2D eigenvalue weighted by Crippen LogP contribution is 2.51. The lowest BCUT2D eigenvalue weighted by Crippen LogP contribution is -2.69. The Morgan fingerprint density at radius 2 is 2.00 bits per heavy atom. The summed E-state index contributed by atoms with van der Waals surface area (Å²) in [6.07, 6.45) is 0.922. The van der Waals surface area contributed by atoms with E-state index >= 15 is 0 Å². The molecule has 3 N–H and O–H groups in total. The second kappa shape index (κ2) is 9.12. The molecule has 2 unspecified atom stereocenters. The van der Waals surface area contributed by atoms with Crippen LogP contribution in [0.5, 0.6) is 11.5 Å². The number of nitrogens with one attached hydrogen (secondary N) is 2. The number of nitrogens with zero attached hydrogens (tertiary/aromatic N) is 1. The van der Waals surface area contributed by atoms with Crippen LogP contribution >= 0.6 is 24.0 Å². The quantitative estimate of drug-likeness (QED) is 0.333. The lowest BCUT2D eigenvalue weighted by molar-refractivity contribution is -0.176. The molecule has 2 rings (SSSR count). The first kappa shape index (κ1) is 22.8. The number of para-hydroxylation sites is 1. The van der Waals surface area contributed by atoms with Gasteiger partial charge in [0.15, 0.2) is 17.5 Å². The molecule has 0 amide bonds. The molecule has 1 fully saturated rings. The molecule has 6 nitrogen and oxygen atoms in total. The molecule has 1 aliphatic carbocycles. The molecule has 0 bridgehead atoms. The van der Waals surface area contributed by atoms with Crippen LogP contribution in [0, 0.1) is 5.41 Å². The van der Waals surface area contributed by atoms with Crippen molar-refractivity contribution in [1.82, 2.24) is 10.6 Å². The van der Waals surface area contributed by atoms with Gasteiger partial charge in [-0.3, -0.25) is 0 Å². The predicted octanol–water partition coefficient (Wildman–Crippen LogP) is 3.28. The molecule has 2 atom stereocenters. The molecule has 0 spiro atoms. The van der Waals surface area contributed by atoms with Crippen LogP contribution in [0.15, 0.2) is 23.2 Å². The maximum absolute atomic E-state index is 10.2. The maximum Gasteiger partial charge on any atom is 0.191 e. The smallest absolute Gasteiger partial charge is 0.191 e. The Balaban J connectivity index is 0.00000338. The molecule has 0 saturated heterocycles. The number of guanidine groups is 1. The van der Waals surface area contributed by atoms with Gasteiger partial charge in [0.25, 0.3) is 0 Å². The molecule has 0 radical (unpaired) electrons. The molecular formula is C19H32IN3O3. The number of phenols is 1. The van der Waals surface area contributed by atoms with Gasteiger partial charge in [-0.1, -0.05) is 26.0 Å². The van der Waals surface area contributed by atoms with Crippen LogP contribution in [-0.2, 0) is 11.3 Å². The molecule has 26 heavy (non-hydrogen) atoms. The predicted molar refractivity (Wildman–Crippen MR) is 116 cm³/mol. The second-order valence-electron chi connectivity index (χ2n) is 7.22. The number of hydrogen-bond acceptors (Lipinski definition) is 4. The third kappa shape index (κ3) is 4.36. The van der Waals surface area contributed by atoms with Gasteiger partial charge in [0.05, 0.1) is 19.3 Å². The van der Waals surface area contributed by atoms with E-state index in [1.807, 2.05) is 19.1 Å². The Kier molecular flexibility index (Phi) is 8.01. The maximum atomic E-state index is 10.2. The average Bonchev–Trinajstić information content (AvgIpc) is 2.60. The Morgan fingerprint density at radius 3 is 2.54 bits per heavy atom. The molecule has 1 aromatic rings. The number of aliphatic imine (C=N–C) groups is 1. The lowest BCUT2D eigenvalue weighted by Gasteiger charge is -2.59. The summed E-state index contributed by atoms with van der Waals surface area (Å²) in [5.74, 6) is 1.34. The molecule has 0 aliphatic heterocycles. The minimum Gasteiger partial charge on any atom is -0.504 e. The Labute approximate surface area is 173 Å². The monoisotopic (exact) mass is 477 g/mol. The topological polar surface area (TPSA) is 75.1 Å². The number of ether oxygens (including phenoxy) is 2. The van der Waals surface area contributed by atoms with Crippen LogP contribution in [0.3, 0.4) is 0 Å². The average molecular weight is 477 g/mol. The van der Waals surface area contributed by atoms with Gasteiger partial charge in [-0.05, 0) is 26.3 Å². The van der Waals surface area contributed by atoms with Gasteiger partial charge in [0, 0.05) is 30.7 Å². The van der Waals surface area contributed by atoms with Crippen molar-refractivity contribution < 1.29 is 14.6 Å². The van der Waals surface area contributed by atoms with Gasteiger partial charge in [0.2, 0.25) is 0 Å². The molecule has 7 heteroatoms. The zero-order valence-electron chi connectivity index (χ0n) is 16.5. The van der Waals surface area contributed by atoms with Crippen LogP contribution in [0.25, 0.3) is 0 Å². The van der Waals surface area contributed by atoms with E-state index in [0.717, 1.165) is 24.5 Å².